The Kier molecular flexibility index (Phi) is 4.25. The van der Waals surface area contributed by atoms with Gasteiger partial charge in [-0.15, -0.1) is 35.3 Å². The van der Waals surface area contributed by atoms with Crippen molar-refractivity contribution in [2.45, 2.75) is 4.90 Å². The summed E-state index contributed by atoms with van der Waals surface area (Å²) in [6.45, 7) is 0. The van der Waals surface area contributed by atoms with Gasteiger partial charge in [0, 0.05) is 16.0 Å². The topological polar surface area (TPSA) is 34.1 Å². The predicted octanol–water partition coefficient (Wildman–Crippen LogP) is 3.36. The summed E-state index contributed by atoms with van der Waals surface area (Å²) >= 11 is 4.37. The highest BCUT2D eigenvalue weighted by molar-refractivity contribution is 8.10. The van der Waals surface area contributed by atoms with E-state index in [1.807, 2.05) is 18.8 Å². The Hall–Kier alpha value is -0.650. The van der Waals surface area contributed by atoms with Crippen LogP contribution in [0.25, 0.3) is 4.91 Å². The van der Waals surface area contributed by atoms with Gasteiger partial charge in [-0.3, -0.25) is 9.59 Å². The molecular formula is C13H12O2S3. The van der Waals surface area contributed by atoms with Crippen LogP contribution in [0.5, 0.6) is 0 Å². The highest BCUT2D eigenvalue weighted by Crippen LogP contribution is 2.42. The molecule has 2 nitrogen and oxygen atoms in total. The Bertz CT molecular complexity index is 606. The van der Waals surface area contributed by atoms with Crippen molar-refractivity contribution in [1.29, 1.82) is 0 Å². The summed E-state index contributed by atoms with van der Waals surface area (Å²) < 4.78 is 0. The monoisotopic (exact) mass is 296 g/mol. The molecule has 0 spiro atoms. The second-order valence-electron chi connectivity index (χ2n) is 3.63. The van der Waals surface area contributed by atoms with E-state index in [1.54, 1.807) is 18.2 Å². The molecule has 1 aliphatic carbocycles. The summed E-state index contributed by atoms with van der Waals surface area (Å²) in [6.07, 6.45) is 5.68. The third-order valence-corrected chi connectivity index (χ3v) is 5.28. The van der Waals surface area contributed by atoms with Crippen molar-refractivity contribution in [2.24, 2.45) is 0 Å². The minimum absolute atomic E-state index is 0.0227. The van der Waals surface area contributed by atoms with E-state index in [0.29, 0.717) is 10.5 Å². The number of Topliss-reactive ketones (excluding diaryl/α,β-unsaturated/α-hetero) is 1. The quantitative estimate of drug-likeness (QED) is 0.799. The van der Waals surface area contributed by atoms with Crippen LogP contribution in [-0.4, -0.2) is 24.6 Å². The second kappa shape index (κ2) is 5.55. The van der Waals surface area contributed by atoms with E-state index in [1.165, 1.54) is 35.3 Å². The van der Waals surface area contributed by atoms with Crippen LogP contribution in [0.3, 0.4) is 0 Å². The maximum Gasteiger partial charge on any atom is 0.201 e. The molecule has 2 rings (SSSR count). The minimum atomic E-state index is -0.0227. The van der Waals surface area contributed by atoms with Crippen LogP contribution in [0, 0.1) is 0 Å². The predicted molar refractivity (Wildman–Crippen MR) is 82.8 cm³/mol. The molecule has 18 heavy (non-hydrogen) atoms. The third-order valence-electron chi connectivity index (χ3n) is 2.74. The average Bonchev–Trinajstić information content (AvgIpc) is 2.52. The fourth-order valence-corrected chi connectivity index (χ4v) is 4.12. The van der Waals surface area contributed by atoms with Gasteiger partial charge >= 0.3 is 0 Å². The van der Waals surface area contributed by atoms with Crippen LogP contribution in [0.4, 0.5) is 0 Å². The van der Waals surface area contributed by atoms with Crippen molar-refractivity contribution in [3.05, 3.63) is 44.5 Å². The van der Waals surface area contributed by atoms with Crippen molar-refractivity contribution in [1.82, 2.24) is 0 Å². The molecule has 0 unspecified atom stereocenters. The number of rotatable bonds is 3. The normalized spacial score (nSPS) is 14.1. The number of ketones is 1. The highest BCUT2D eigenvalue weighted by atomic mass is 32.2. The van der Waals surface area contributed by atoms with E-state index >= 15 is 0 Å². The summed E-state index contributed by atoms with van der Waals surface area (Å²) in [4.78, 5) is 26.6. The van der Waals surface area contributed by atoms with Crippen LogP contribution >= 0.6 is 35.3 Å². The number of thioether (sulfide) groups is 3. The number of carbonyl (C=O) groups excluding carboxylic acids is 1. The lowest BCUT2D eigenvalue weighted by atomic mass is 10.2. The molecule has 0 heterocycles. The van der Waals surface area contributed by atoms with E-state index in [0.717, 1.165) is 15.4 Å². The van der Waals surface area contributed by atoms with Crippen LogP contribution in [0.1, 0.15) is 15.9 Å². The van der Waals surface area contributed by atoms with Crippen molar-refractivity contribution in [2.75, 3.05) is 18.8 Å². The van der Waals surface area contributed by atoms with Gasteiger partial charge in [0.2, 0.25) is 5.78 Å². The lowest BCUT2D eigenvalue weighted by molar-refractivity contribution is 0.104. The first kappa shape index (κ1) is 13.8. The Morgan fingerprint density at radius 1 is 0.833 bits per heavy atom. The summed E-state index contributed by atoms with van der Waals surface area (Å²) in [5.41, 5.74) is 1.40. The molecule has 0 aromatic heterocycles. The van der Waals surface area contributed by atoms with Crippen molar-refractivity contribution >= 4 is 46.0 Å². The van der Waals surface area contributed by atoms with Crippen molar-refractivity contribution < 1.29 is 4.79 Å². The first-order chi connectivity index (χ1) is 8.63. The van der Waals surface area contributed by atoms with E-state index in [4.69, 9.17) is 0 Å². The highest BCUT2D eigenvalue weighted by Gasteiger charge is 2.28. The largest absolute Gasteiger partial charge is 0.289 e. The summed E-state index contributed by atoms with van der Waals surface area (Å²) in [7, 11) is 0. The van der Waals surface area contributed by atoms with Gasteiger partial charge in [-0.05, 0) is 37.0 Å². The molecule has 94 valence electrons. The number of carbonyl (C=O) groups is 1. The molecule has 0 bridgehead atoms. The van der Waals surface area contributed by atoms with Crippen molar-refractivity contribution in [3.8, 4) is 0 Å². The standard InChI is InChI=1S/C13H12O2S3/c1-16-10-5-4-7-8(6-9(10)14)12(17-2)13(18-3)11(7)15/h4-6H,1-3H3. The molecule has 0 saturated heterocycles. The molecule has 0 aliphatic heterocycles. The molecule has 5 heteroatoms. The van der Waals surface area contributed by atoms with Crippen LogP contribution in [0.2, 0.25) is 0 Å². The molecule has 0 amide bonds. The van der Waals surface area contributed by atoms with Crippen LogP contribution in [-0.2, 0) is 0 Å². The zero-order chi connectivity index (χ0) is 13.3. The molecule has 0 saturated carbocycles. The van der Waals surface area contributed by atoms with E-state index in [2.05, 4.69) is 0 Å². The first-order valence-electron chi connectivity index (χ1n) is 5.23. The van der Waals surface area contributed by atoms with E-state index in [9.17, 15) is 9.59 Å². The molecule has 1 aromatic rings. The van der Waals surface area contributed by atoms with Crippen LogP contribution < -0.4 is 5.43 Å². The minimum Gasteiger partial charge on any atom is -0.289 e. The molecule has 0 fully saturated rings. The van der Waals surface area contributed by atoms with Gasteiger partial charge in [-0.25, -0.2) is 0 Å². The van der Waals surface area contributed by atoms with Gasteiger partial charge in [0.05, 0.1) is 9.80 Å². The lowest BCUT2D eigenvalue weighted by Crippen LogP contribution is -1.98. The fraction of sp³-hybridized carbons (Fsp3) is 0.231. The molecular weight excluding hydrogens is 284 g/mol. The Labute approximate surface area is 119 Å². The van der Waals surface area contributed by atoms with Gasteiger partial charge in [0.1, 0.15) is 0 Å². The van der Waals surface area contributed by atoms with Gasteiger partial charge < -0.3 is 0 Å². The van der Waals surface area contributed by atoms with Gasteiger partial charge in [-0.1, -0.05) is 0 Å². The average molecular weight is 296 g/mol. The fourth-order valence-electron chi connectivity index (χ4n) is 1.90. The summed E-state index contributed by atoms with van der Waals surface area (Å²) in [5.74, 6) is 0.0319. The van der Waals surface area contributed by atoms with Gasteiger partial charge in [-0.2, -0.15) is 0 Å². The Balaban J connectivity index is 2.76. The molecule has 0 radical (unpaired) electrons. The SMILES string of the molecule is CSC1=C(SC)c2cc(=O)c(SC)ccc2C1=O. The Morgan fingerprint density at radius 2 is 1.50 bits per heavy atom. The number of allylic oxidation sites excluding steroid dienone is 1. The zero-order valence-electron chi connectivity index (χ0n) is 10.3. The smallest absolute Gasteiger partial charge is 0.201 e. The van der Waals surface area contributed by atoms with Gasteiger partial charge in [0.15, 0.2) is 5.43 Å². The number of hydrogen-bond donors (Lipinski definition) is 0. The summed E-state index contributed by atoms with van der Waals surface area (Å²) in [5, 5.41) is 0. The lowest BCUT2D eigenvalue weighted by Gasteiger charge is -1.99. The first-order valence-corrected chi connectivity index (χ1v) is 8.91. The zero-order valence-corrected chi connectivity index (χ0v) is 12.7. The molecule has 1 aromatic carbocycles. The van der Waals surface area contributed by atoms with Gasteiger partial charge in [0.25, 0.3) is 0 Å². The van der Waals surface area contributed by atoms with Crippen molar-refractivity contribution in [3.63, 3.8) is 0 Å². The maximum absolute atomic E-state index is 12.2. The number of fused-ring (bicyclic) bond motifs is 1. The van der Waals surface area contributed by atoms with Crippen LogP contribution in [0.15, 0.2) is 32.8 Å². The molecule has 1 aliphatic rings. The molecule has 0 atom stereocenters. The maximum atomic E-state index is 12.2. The summed E-state index contributed by atoms with van der Waals surface area (Å²) in [6, 6.07) is 5.10. The Morgan fingerprint density at radius 3 is 2.06 bits per heavy atom. The third kappa shape index (κ3) is 2.15. The van der Waals surface area contributed by atoms with E-state index < -0.39 is 0 Å². The number of hydrogen-bond acceptors (Lipinski definition) is 5. The second-order valence-corrected chi connectivity index (χ2v) is 6.11. The molecule has 0 N–H and O–H groups in total. The van der Waals surface area contributed by atoms with E-state index in [-0.39, 0.29) is 11.2 Å².